The van der Waals surface area contributed by atoms with Gasteiger partial charge < -0.3 is 163 Å². The molecule has 34 heteroatoms. The molecule has 0 aromatic rings. The summed E-state index contributed by atoms with van der Waals surface area (Å²) in [6.45, 7) is 13.7. The number of rotatable bonds is 17. The molecule has 12 rings (SSSR count). The van der Waals surface area contributed by atoms with Crippen molar-refractivity contribution in [3.63, 3.8) is 0 Å². The van der Waals surface area contributed by atoms with E-state index < -0.39 is 258 Å². The molecule has 12 aliphatic rings. The summed E-state index contributed by atoms with van der Waals surface area (Å²) in [7, 11) is 0. The van der Waals surface area contributed by atoms with Gasteiger partial charge in [-0.1, -0.05) is 60.1 Å². The van der Waals surface area contributed by atoms with E-state index in [9.17, 15) is 97.0 Å². The molecule has 7 heterocycles. The highest BCUT2D eigenvalue weighted by Crippen LogP contribution is 2.76. The molecule has 0 bridgehead atoms. The second-order valence-electron chi connectivity index (χ2n) is 33.4. The molecule has 0 spiro atoms. The summed E-state index contributed by atoms with van der Waals surface area (Å²) in [5.41, 5.74) is -1.52. The number of aliphatic hydroxyl groups is 19. The Morgan fingerprint density at radius 2 is 1.08 bits per heavy atom. The van der Waals surface area contributed by atoms with Crippen molar-refractivity contribution in [1.29, 1.82) is 0 Å². The molecular formula is C69H112O34. The van der Waals surface area contributed by atoms with Crippen LogP contribution in [-0.4, -0.2) is 345 Å². The summed E-state index contributed by atoms with van der Waals surface area (Å²) < 4.78 is 82.5. The Morgan fingerprint density at radius 1 is 0.476 bits per heavy atom. The van der Waals surface area contributed by atoms with E-state index in [4.69, 9.17) is 66.3 Å². The normalized spacial score (nSPS) is 54.3. The lowest BCUT2D eigenvalue weighted by Crippen LogP contribution is -2.66. The van der Waals surface area contributed by atoms with Gasteiger partial charge in [-0.3, -0.25) is 4.79 Å². The Kier molecular flexibility index (Phi) is 23.9. The molecule has 5 aliphatic carbocycles. The van der Waals surface area contributed by atoms with Crippen LogP contribution in [0.3, 0.4) is 0 Å². The third kappa shape index (κ3) is 14.3. The second kappa shape index (κ2) is 30.5. The van der Waals surface area contributed by atoms with E-state index in [1.165, 1.54) is 12.5 Å². The van der Waals surface area contributed by atoms with Crippen molar-refractivity contribution in [3.8, 4) is 0 Å². The van der Waals surface area contributed by atoms with Crippen LogP contribution in [0.5, 0.6) is 0 Å². The van der Waals surface area contributed by atoms with Gasteiger partial charge in [-0.05, 0) is 116 Å². The maximum atomic E-state index is 15.2. The highest BCUT2D eigenvalue weighted by molar-refractivity contribution is 5.79. The predicted octanol–water partition coefficient (Wildman–Crippen LogP) is -5.62. The minimum absolute atomic E-state index is 0.0723. The zero-order chi connectivity index (χ0) is 74.9. The number of hydrogen-bond acceptors (Lipinski definition) is 34. The molecule has 34 nitrogen and oxygen atoms in total. The zero-order valence-corrected chi connectivity index (χ0v) is 59.3. The molecule has 7 saturated heterocycles. The van der Waals surface area contributed by atoms with Gasteiger partial charge in [0.25, 0.3) is 0 Å². The quantitative estimate of drug-likeness (QED) is 0.0367. The van der Waals surface area contributed by atoms with Gasteiger partial charge in [-0.15, -0.1) is 0 Å². The number of carbonyl (C=O) groups is 1. The molecular weight excluding hydrogens is 1370 g/mol. The third-order valence-corrected chi connectivity index (χ3v) is 26.6. The van der Waals surface area contributed by atoms with Crippen LogP contribution < -0.4 is 0 Å². The van der Waals surface area contributed by atoms with Crippen molar-refractivity contribution in [1.82, 2.24) is 0 Å². The van der Waals surface area contributed by atoms with Crippen molar-refractivity contribution >= 4 is 5.97 Å². The van der Waals surface area contributed by atoms with Crippen molar-refractivity contribution in [2.75, 3.05) is 39.6 Å². The largest absolute Gasteiger partial charge is 0.432 e. The minimum atomic E-state index is -1.98. The van der Waals surface area contributed by atoms with Crippen LogP contribution in [-0.2, 0) is 71.1 Å². The van der Waals surface area contributed by atoms with E-state index in [2.05, 4.69) is 54.5 Å². The Labute approximate surface area is 596 Å². The summed E-state index contributed by atoms with van der Waals surface area (Å²) in [4.78, 5) is 15.2. The summed E-state index contributed by atoms with van der Waals surface area (Å²) in [6, 6.07) is 0. The van der Waals surface area contributed by atoms with Crippen molar-refractivity contribution in [2.45, 2.75) is 322 Å². The molecule has 11 fully saturated rings. The SMILES string of the molecule is C[C@@H]1O[C@@H](O[C@@H]2[C@H](O[C@H]3CC[C@@]4(C)C(CC[C@]5(C)C4CC=C4C6CC(C)(C)CC[C@]6(C(=O)O[C@@H]6O[C@H](CO[C@@H]7O[C@H](CO)[C@@H](O)[C@H](O)[C@H]7O)[C@@H](O)[C@H](O)[C@H]6O)CC[C@]45C)C3(C)C)OC[C@@H](O)[C@@H]2O)[C@H](O)[C@H](O[C@@H]2OC[C@@H](O[C@@H]3O[C@H](CO)[C@@H](O[C@@H]4[C@H](O)[C@H](O)OC[C@H]4O)[C@H](O)[C@H]3O)[C@H](O)[C@@H]2O)[C@H]1O. The summed E-state index contributed by atoms with van der Waals surface area (Å²) >= 11 is 0. The van der Waals surface area contributed by atoms with E-state index in [1.54, 1.807) is 0 Å². The molecule has 40 atom stereocenters. The van der Waals surface area contributed by atoms with E-state index in [-0.39, 0.29) is 40.6 Å². The van der Waals surface area contributed by atoms with Gasteiger partial charge in [0.2, 0.25) is 6.29 Å². The van der Waals surface area contributed by atoms with Crippen LogP contribution in [0.1, 0.15) is 120 Å². The number of allylic oxidation sites excluding steroid dienone is 2. The lowest BCUT2D eigenvalue weighted by molar-refractivity contribution is -0.384. The minimum Gasteiger partial charge on any atom is -0.432 e. The van der Waals surface area contributed by atoms with Crippen LogP contribution >= 0.6 is 0 Å². The number of fused-ring (bicyclic) bond motifs is 7. The van der Waals surface area contributed by atoms with Crippen LogP contribution in [0.2, 0.25) is 0 Å². The van der Waals surface area contributed by atoms with Gasteiger partial charge in [0.05, 0.1) is 57.3 Å². The predicted molar refractivity (Wildman–Crippen MR) is 341 cm³/mol. The fourth-order valence-electron chi connectivity index (χ4n) is 20.0. The van der Waals surface area contributed by atoms with Crippen molar-refractivity contribution < 1.29 is 168 Å². The van der Waals surface area contributed by atoms with Gasteiger partial charge in [0, 0.05) is 0 Å². The Morgan fingerprint density at radius 3 is 1.78 bits per heavy atom. The van der Waals surface area contributed by atoms with Gasteiger partial charge >= 0.3 is 5.97 Å². The molecule has 0 aromatic carbocycles. The van der Waals surface area contributed by atoms with Crippen LogP contribution in [0.15, 0.2) is 11.6 Å². The number of esters is 1. The zero-order valence-electron chi connectivity index (χ0n) is 59.3. The van der Waals surface area contributed by atoms with Gasteiger partial charge in [-0.2, -0.15) is 0 Å². The first-order chi connectivity index (χ1) is 48.4. The van der Waals surface area contributed by atoms with E-state index in [0.717, 1.165) is 19.3 Å². The number of ether oxygens (including phenoxy) is 14. The van der Waals surface area contributed by atoms with E-state index in [0.29, 0.717) is 44.9 Å². The van der Waals surface area contributed by atoms with Crippen LogP contribution in [0, 0.1) is 50.2 Å². The average molecular weight is 1490 g/mol. The van der Waals surface area contributed by atoms with Gasteiger partial charge in [0.15, 0.2) is 37.7 Å². The van der Waals surface area contributed by atoms with Crippen LogP contribution in [0.25, 0.3) is 0 Å². The third-order valence-electron chi connectivity index (χ3n) is 26.6. The van der Waals surface area contributed by atoms with E-state index in [1.807, 2.05) is 0 Å². The van der Waals surface area contributed by atoms with Gasteiger partial charge in [0.1, 0.15) is 146 Å². The summed E-state index contributed by atoms with van der Waals surface area (Å²) in [6.07, 6.45) is -45.0. The van der Waals surface area contributed by atoms with E-state index >= 15 is 4.79 Å². The maximum Gasteiger partial charge on any atom is 0.315 e. The molecule has 7 aliphatic heterocycles. The molecule has 0 amide bonds. The molecule has 0 aromatic heterocycles. The molecule has 3 unspecified atom stereocenters. The lowest BCUT2D eigenvalue weighted by Gasteiger charge is -2.71. The van der Waals surface area contributed by atoms with Gasteiger partial charge in [-0.25, -0.2) is 0 Å². The summed E-state index contributed by atoms with van der Waals surface area (Å²) in [5, 5.41) is 207. The Hall–Kier alpha value is -2.07. The number of aliphatic hydroxyl groups excluding tert-OH is 19. The molecule has 592 valence electrons. The molecule has 0 radical (unpaired) electrons. The maximum absolute atomic E-state index is 15.2. The monoisotopic (exact) mass is 1480 g/mol. The number of carbonyl (C=O) groups excluding carboxylic acids is 1. The number of hydrogen-bond donors (Lipinski definition) is 19. The standard InChI is InChI=1S/C69H112O34/c1-26-38(74)54(101-58-46(82)42(78)34(25-93-58)97-59-49(85)45(81)53(32(21-71)96-59)100-52-30(73)23-90-56(88)50(52)86)51(87)61(94-26)102-55-39(75)29(72)22-91-62(55)99-37-12-13-66(6)35(65(37,4)5)11-14-68(8)36(66)10-9-27-28-19-64(2,3)15-17-69(28,18-16-67(27,68)7)63(89)103-60-48(84)44(80)41(77)33(98-60)24-92-57-47(83)43(79)40(76)31(20-70)95-57/h9,26,28-62,70-88H,10-25H2,1-8H3/t26-,28?,29+,30+,31+,32+,33+,34+,35?,36?,37-,38-,39-,40+,41+,42-,43-,44-,45+,46-,47+,48+,49+,50-,51+,52-,53+,54+,55-,56+,57+,58-,59-,60-,61-,62-,66-,67+,68+,69-/m0/s1. The first kappa shape index (κ1) is 80.4. The topological polar surface area (TPSA) is 531 Å². The van der Waals surface area contributed by atoms with Crippen molar-refractivity contribution in [3.05, 3.63) is 11.6 Å². The smallest absolute Gasteiger partial charge is 0.315 e. The average Bonchev–Trinajstić information content (AvgIpc) is 0.675. The van der Waals surface area contributed by atoms with Crippen molar-refractivity contribution in [2.24, 2.45) is 50.2 Å². The highest BCUT2D eigenvalue weighted by atomic mass is 16.8. The fraction of sp³-hybridized carbons (Fsp3) is 0.957. The fourth-order valence-corrected chi connectivity index (χ4v) is 20.0. The summed E-state index contributed by atoms with van der Waals surface area (Å²) in [5.74, 6) is -0.655. The molecule has 103 heavy (non-hydrogen) atoms. The highest BCUT2D eigenvalue weighted by Gasteiger charge is 2.71. The Balaban J connectivity index is 0.690. The molecule has 4 saturated carbocycles. The Bertz CT molecular complexity index is 2910. The second-order valence-corrected chi connectivity index (χ2v) is 33.4. The first-order valence-corrected chi connectivity index (χ1v) is 36.4. The first-order valence-electron chi connectivity index (χ1n) is 36.4. The lowest BCUT2D eigenvalue weighted by atomic mass is 9.33. The van der Waals surface area contributed by atoms with Crippen LogP contribution in [0.4, 0.5) is 0 Å². The molecule has 19 N–H and O–H groups in total.